The highest BCUT2D eigenvalue weighted by molar-refractivity contribution is 5.37. The lowest BCUT2D eigenvalue weighted by atomic mass is 9.92. The number of hydrogen-bond acceptors (Lipinski definition) is 2. The summed E-state index contributed by atoms with van der Waals surface area (Å²) < 4.78 is 5.89. The van der Waals surface area contributed by atoms with Crippen LogP contribution in [-0.2, 0) is 12.8 Å². The smallest absolute Gasteiger partial charge is 0.119 e. The fourth-order valence-electron chi connectivity index (χ4n) is 2.90. The molecule has 0 saturated carbocycles. The third-order valence-electron chi connectivity index (χ3n) is 4.26. The Morgan fingerprint density at radius 1 is 1.00 bits per heavy atom. The molecular formula is C19H23NO. The van der Waals surface area contributed by atoms with Gasteiger partial charge in [-0.05, 0) is 61.4 Å². The van der Waals surface area contributed by atoms with E-state index in [4.69, 9.17) is 10.5 Å². The van der Waals surface area contributed by atoms with Crippen molar-refractivity contribution in [1.29, 1.82) is 0 Å². The number of rotatable bonds is 4. The second kappa shape index (κ2) is 6.31. The molecule has 21 heavy (non-hydrogen) atoms. The molecule has 0 radical (unpaired) electrons. The first-order chi connectivity index (χ1) is 10.2. The summed E-state index contributed by atoms with van der Waals surface area (Å²) in [5.74, 6) is 0.943. The molecule has 1 unspecified atom stereocenters. The van der Waals surface area contributed by atoms with Gasteiger partial charge in [0.2, 0.25) is 0 Å². The molecule has 110 valence electrons. The number of hydrogen-bond donors (Lipinski definition) is 1. The van der Waals surface area contributed by atoms with Crippen LogP contribution < -0.4 is 10.5 Å². The largest absolute Gasteiger partial charge is 0.492 e. The van der Waals surface area contributed by atoms with E-state index in [-0.39, 0.29) is 6.04 Å². The van der Waals surface area contributed by atoms with Gasteiger partial charge in [-0.1, -0.05) is 35.9 Å². The summed E-state index contributed by atoms with van der Waals surface area (Å²) >= 11 is 0. The van der Waals surface area contributed by atoms with Crippen LogP contribution in [0.15, 0.2) is 42.5 Å². The van der Waals surface area contributed by atoms with Crippen molar-refractivity contribution in [2.24, 2.45) is 5.73 Å². The quantitative estimate of drug-likeness (QED) is 0.921. The van der Waals surface area contributed by atoms with Gasteiger partial charge in [0.25, 0.3) is 0 Å². The van der Waals surface area contributed by atoms with Crippen LogP contribution in [0.3, 0.4) is 0 Å². The fourth-order valence-corrected chi connectivity index (χ4v) is 2.90. The zero-order valence-corrected chi connectivity index (χ0v) is 12.6. The van der Waals surface area contributed by atoms with Crippen molar-refractivity contribution in [2.75, 3.05) is 6.61 Å². The molecule has 0 amide bonds. The van der Waals surface area contributed by atoms with Crippen LogP contribution >= 0.6 is 0 Å². The molecule has 0 saturated heterocycles. The van der Waals surface area contributed by atoms with Gasteiger partial charge >= 0.3 is 0 Å². The summed E-state index contributed by atoms with van der Waals surface area (Å²) in [6, 6.07) is 14.7. The van der Waals surface area contributed by atoms with Crippen LogP contribution in [0.4, 0.5) is 0 Å². The summed E-state index contributed by atoms with van der Waals surface area (Å²) in [5, 5.41) is 0. The molecule has 2 heteroatoms. The Hall–Kier alpha value is -1.80. The van der Waals surface area contributed by atoms with Crippen molar-refractivity contribution in [3.05, 3.63) is 64.7 Å². The van der Waals surface area contributed by atoms with Gasteiger partial charge in [0, 0.05) is 0 Å². The van der Waals surface area contributed by atoms with E-state index in [0.717, 1.165) is 11.3 Å². The summed E-state index contributed by atoms with van der Waals surface area (Å²) in [7, 11) is 0. The Morgan fingerprint density at radius 3 is 2.48 bits per heavy atom. The normalized spacial score (nSPS) is 15.3. The van der Waals surface area contributed by atoms with E-state index in [1.165, 1.54) is 42.4 Å². The maximum absolute atomic E-state index is 6.21. The average Bonchev–Trinajstić information content (AvgIpc) is 2.53. The van der Waals surface area contributed by atoms with E-state index in [2.05, 4.69) is 49.4 Å². The van der Waals surface area contributed by atoms with E-state index < -0.39 is 0 Å². The maximum atomic E-state index is 6.21. The Balaban J connectivity index is 1.63. The SMILES string of the molecule is Cc1ccc(C(N)COc2ccc3c(c2)CCCC3)cc1. The van der Waals surface area contributed by atoms with Gasteiger partial charge in [-0.2, -0.15) is 0 Å². The monoisotopic (exact) mass is 281 g/mol. The Bertz CT molecular complexity index is 603. The van der Waals surface area contributed by atoms with Crippen LogP contribution in [0.2, 0.25) is 0 Å². The maximum Gasteiger partial charge on any atom is 0.119 e. The second-order valence-electron chi connectivity index (χ2n) is 5.97. The van der Waals surface area contributed by atoms with Crippen LogP contribution in [0, 0.1) is 6.92 Å². The lowest BCUT2D eigenvalue weighted by molar-refractivity contribution is 0.290. The Kier molecular flexibility index (Phi) is 4.26. The number of ether oxygens (including phenoxy) is 1. The minimum atomic E-state index is -0.0818. The molecule has 2 nitrogen and oxygen atoms in total. The van der Waals surface area contributed by atoms with Gasteiger partial charge in [0.15, 0.2) is 0 Å². The van der Waals surface area contributed by atoms with Gasteiger partial charge < -0.3 is 10.5 Å². The molecule has 1 aliphatic rings. The molecule has 0 heterocycles. The molecule has 1 atom stereocenters. The molecule has 0 aliphatic heterocycles. The molecule has 0 aromatic heterocycles. The first-order valence-corrected chi connectivity index (χ1v) is 7.79. The highest BCUT2D eigenvalue weighted by atomic mass is 16.5. The third-order valence-corrected chi connectivity index (χ3v) is 4.26. The highest BCUT2D eigenvalue weighted by Crippen LogP contribution is 2.25. The number of benzene rings is 2. The van der Waals surface area contributed by atoms with Gasteiger partial charge in [0.1, 0.15) is 12.4 Å². The summed E-state index contributed by atoms with van der Waals surface area (Å²) in [6.45, 7) is 2.60. The van der Waals surface area contributed by atoms with E-state index in [9.17, 15) is 0 Å². The van der Waals surface area contributed by atoms with E-state index in [1.807, 2.05) is 0 Å². The second-order valence-corrected chi connectivity index (χ2v) is 5.97. The minimum Gasteiger partial charge on any atom is -0.492 e. The van der Waals surface area contributed by atoms with Crippen molar-refractivity contribution < 1.29 is 4.74 Å². The van der Waals surface area contributed by atoms with Crippen molar-refractivity contribution in [2.45, 2.75) is 38.6 Å². The molecule has 0 fully saturated rings. The molecule has 2 N–H and O–H groups in total. The van der Waals surface area contributed by atoms with Crippen LogP contribution in [0.1, 0.15) is 41.1 Å². The van der Waals surface area contributed by atoms with E-state index in [0.29, 0.717) is 6.61 Å². The molecular weight excluding hydrogens is 258 g/mol. The molecule has 0 bridgehead atoms. The van der Waals surface area contributed by atoms with E-state index in [1.54, 1.807) is 0 Å². The lowest BCUT2D eigenvalue weighted by Gasteiger charge is -2.18. The Morgan fingerprint density at radius 2 is 1.71 bits per heavy atom. The molecule has 3 rings (SSSR count). The fraction of sp³-hybridized carbons (Fsp3) is 0.368. The van der Waals surface area contributed by atoms with Crippen molar-refractivity contribution in [1.82, 2.24) is 0 Å². The zero-order valence-electron chi connectivity index (χ0n) is 12.6. The molecule has 1 aliphatic carbocycles. The highest BCUT2D eigenvalue weighted by Gasteiger charge is 2.11. The zero-order chi connectivity index (χ0) is 14.7. The summed E-state index contributed by atoms with van der Waals surface area (Å²) in [5.41, 5.74) is 11.5. The van der Waals surface area contributed by atoms with E-state index >= 15 is 0 Å². The minimum absolute atomic E-state index is 0.0818. The number of aryl methyl sites for hydroxylation is 3. The first kappa shape index (κ1) is 14.2. The number of fused-ring (bicyclic) bond motifs is 1. The predicted molar refractivity (Wildman–Crippen MR) is 86.7 cm³/mol. The Labute approximate surface area is 126 Å². The molecule has 2 aromatic carbocycles. The van der Waals surface area contributed by atoms with Crippen LogP contribution in [0.5, 0.6) is 5.75 Å². The predicted octanol–water partition coefficient (Wildman–Crippen LogP) is 3.95. The summed E-state index contributed by atoms with van der Waals surface area (Å²) in [6.07, 6.45) is 4.99. The topological polar surface area (TPSA) is 35.2 Å². The molecule has 0 spiro atoms. The summed E-state index contributed by atoms with van der Waals surface area (Å²) in [4.78, 5) is 0. The standard InChI is InChI=1S/C19H23NO/c1-14-6-8-16(9-7-14)19(20)13-21-18-11-10-15-4-2-3-5-17(15)12-18/h6-12,19H,2-5,13,20H2,1H3. The third kappa shape index (κ3) is 3.45. The van der Waals surface area contributed by atoms with Crippen LogP contribution in [0.25, 0.3) is 0 Å². The van der Waals surface area contributed by atoms with Crippen molar-refractivity contribution in [3.63, 3.8) is 0 Å². The average molecular weight is 281 g/mol. The van der Waals surface area contributed by atoms with Crippen molar-refractivity contribution >= 4 is 0 Å². The van der Waals surface area contributed by atoms with Gasteiger partial charge in [0.05, 0.1) is 6.04 Å². The van der Waals surface area contributed by atoms with Gasteiger partial charge in [-0.25, -0.2) is 0 Å². The first-order valence-electron chi connectivity index (χ1n) is 7.79. The number of nitrogens with two attached hydrogens (primary N) is 1. The van der Waals surface area contributed by atoms with Gasteiger partial charge in [-0.15, -0.1) is 0 Å². The van der Waals surface area contributed by atoms with Gasteiger partial charge in [-0.3, -0.25) is 0 Å². The van der Waals surface area contributed by atoms with Crippen LogP contribution in [-0.4, -0.2) is 6.61 Å². The molecule has 2 aromatic rings. The lowest BCUT2D eigenvalue weighted by Crippen LogP contribution is -2.19. The van der Waals surface area contributed by atoms with Crippen molar-refractivity contribution in [3.8, 4) is 5.75 Å².